The second-order valence-corrected chi connectivity index (χ2v) is 9.46. The van der Waals surface area contributed by atoms with E-state index in [1.165, 1.54) is 17.3 Å². The number of aryl methyl sites for hydroxylation is 1. The summed E-state index contributed by atoms with van der Waals surface area (Å²) in [6.45, 7) is 3.41. The molecule has 4 aromatic rings. The molecule has 0 saturated carbocycles. The van der Waals surface area contributed by atoms with Gasteiger partial charge in [0.15, 0.2) is 16.7 Å². The Balaban J connectivity index is 1.30. The van der Waals surface area contributed by atoms with Gasteiger partial charge < -0.3 is 18.7 Å². The van der Waals surface area contributed by atoms with Gasteiger partial charge in [0.05, 0.1) is 29.3 Å². The van der Waals surface area contributed by atoms with Crippen LogP contribution in [0, 0.1) is 0 Å². The van der Waals surface area contributed by atoms with Gasteiger partial charge in [0.1, 0.15) is 0 Å². The van der Waals surface area contributed by atoms with E-state index in [1.54, 1.807) is 16.7 Å². The highest BCUT2D eigenvalue weighted by molar-refractivity contribution is 7.98. The number of ether oxygens (including phenoxy) is 3. The molecule has 35 heavy (non-hydrogen) atoms. The summed E-state index contributed by atoms with van der Waals surface area (Å²) in [5.41, 5.74) is 2.58. The fraction of sp³-hybridized carbons (Fsp3) is 0.360. The predicted molar refractivity (Wildman–Crippen MR) is 130 cm³/mol. The summed E-state index contributed by atoms with van der Waals surface area (Å²) in [7, 11) is 0. The average Bonchev–Trinajstić information content (AvgIpc) is 3.66. The highest BCUT2D eigenvalue weighted by Gasteiger charge is 2.23. The van der Waals surface area contributed by atoms with E-state index in [1.807, 2.05) is 12.1 Å². The van der Waals surface area contributed by atoms with Crippen LogP contribution in [0.1, 0.15) is 31.2 Å². The molecule has 2 aromatic carbocycles. The molecular weight excluding hydrogens is 468 g/mol. The Kier molecular flexibility index (Phi) is 5.91. The molecular formula is C25H24N4O5S. The van der Waals surface area contributed by atoms with Crippen LogP contribution in [-0.2, 0) is 23.5 Å². The van der Waals surface area contributed by atoms with Crippen molar-refractivity contribution in [2.45, 2.75) is 49.7 Å². The summed E-state index contributed by atoms with van der Waals surface area (Å²) in [6, 6.07) is 11.6. The molecule has 6 rings (SSSR count). The van der Waals surface area contributed by atoms with Crippen molar-refractivity contribution >= 4 is 22.7 Å². The first-order valence-electron chi connectivity index (χ1n) is 11.7. The van der Waals surface area contributed by atoms with Crippen molar-refractivity contribution in [3.8, 4) is 22.9 Å². The molecule has 10 heteroatoms. The lowest BCUT2D eigenvalue weighted by atomic mass is 10.1. The largest absolute Gasteiger partial charge is 0.454 e. The lowest BCUT2D eigenvalue weighted by Crippen LogP contribution is -2.28. The Bertz CT molecular complexity index is 1430. The minimum Gasteiger partial charge on any atom is -0.454 e. The van der Waals surface area contributed by atoms with E-state index >= 15 is 0 Å². The van der Waals surface area contributed by atoms with Gasteiger partial charge in [-0.15, -0.1) is 0 Å². The molecule has 0 aliphatic carbocycles. The highest BCUT2D eigenvalue weighted by Crippen LogP contribution is 2.35. The number of benzene rings is 2. The Morgan fingerprint density at radius 1 is 1.11 bits per heavy atom. The van der Waals surface area contributed by atoms with E-state index in [0.29, 0.717) is 58.2 Å². The lowest BCUT2D eigenvalue weighted by molar-refractivity contribution is 0.0937. The van der Waals surface area contributed by atoms with Crippen LogP contribution in [0.3, 0.4) is 0 Å². The second kappa shape index (κ2) is 9.35. The maximum absolute atomic E-state index is 13.5. The lowest BCUT2D eigenvalue weighted by Gasteiger charge is -2.16. The van der Waals surface area contributed by atoms with E-state index in [2.05, 4.69) is 29.2 Å². The number of rotatable bonds is 7. The molecule has 0 spiro atoms. The van der Waals surface area contributed by atoms with Crippen LogP contribution in [0.5, 0.6) is 11.5 Å². The first kappa shape index (κ1) is 22.1. The maximum Gasteiger partial charge on any atom is 0.262 e. The van der Waals surface area contributed by atoms with Crippen molar-refractivity contribution in [2.75, 3.05) is 13.4 Å². The van der Waals surface area contributed by atoms with Crippen LogP contribution in [0.15, 0.2) is 50.9 Å². The topological polar surface area (TPSA) is 102 Å². The maximum atomic E-state index is 13.5. The van der Waals surface area contributed by atoms with Gasteiger partial charge in [0, 0.05) is 18.2 Å². The van der Waals surface area contributed by atoms with Crippen LogP contribution < -0.4 is 15.0 Å². The molecule has 0 amide bonds. The van der Waals surface area contributed by atoms with Crippen molar-refractivity contribution in [1.29, 1.82) is 0 Å². The van der Waals surface area contributed by atoms with Crippen LogP contribution in [-0.4, -0.2) is 39.2 Å². The third-order valence-corrected chi connectivity index (χ3v) is 7.20. The van der Waals surface area contributed by atoms with Crippen LogP contribution in [0.4, 0.5) is 0 Å². The number of fused-ring (bicyclic) bond motifs is 2. The molecule has 0 bridgehead atoms. The van der Waals surface area contributed by atoms with E-state index in [4.69, 9.17) is 23.7 Å². The molecule has 0 N–H and O–H groups in total. The number of hydrogen-bond donors (Lipinski definition) is 0. The SMILES string of the molecule is CCc1ccc(-c2noc(CSc3nc4cc5c(cc4c(=O)n3C[C@H]3CCCO3)OCO5)n2)cc1. The van der Waals surface area contributed by atoms with Crippen molar-refractivity contribution in [1.82, 2.24) is 19.7 Å². The monoisotopic (exact) mass is 492 g/mol. The molecule has 1 saturated heterocycles. The number of aromatic nitrogens is 4. The Morgan fingerprint density at radius 3 is 2.71 bits per heavy atom. The van der Waals surface area contributed by atoms with Crippen LogP contribution >= 0.6 is 11.8 Å². The summed E-state index contributed by atoms with van der Waals surface area (Å²) in [5.74, 6) is 2.54. The van der Waals surface area contributed by atoms with E-state index in [0.717, 1.165) is 24.8 Å². The zero-order valence-corrected chi connectivity index (χ0v) is 20.0. The van der Waals surface area contributed by atoms with Gasteiger partial charge >= 0.3 is 0 Å². The first-order chi connectivity index (χ1) is 17.2. The zero-order chi connectivity index (χ0) is 23.8. The molecule has 180 valence electrons. The summed E-state index contributed by atoms with van der Waals surface area (Å²) in [4.78, 5) is 22.8. The summed E-state index contributed by atoms with van der Waals surface area (Å²) in [6.07, 6.45) is 2.87. The molecule has 2 aromatic heterocycles. The van der Waals surface area contributed by atoms with Crippen LogP contribution in [0.2, 0.25) is 0 Å². The molecule has 9 nitrogen and oxygen atoms in total. The molecule has 1 fully saturated rings. The van der Waals surface area contributed by atoms with Crippen molar-refractivity contribution in [3.05, 3.63) is 58.2 Å². The molecule has 0 unspecified atom stereocenters. The van der Waals surface area contributed by atoms with Crippen LogP contribution in [0.25, 0.3) is 22.3 Å². The summed E-state index contributed by atoms with van der Waals surface area (Å²) < 4.78 is 23.9. The fourth-order valence-electron chi connectivity index (χ4n) is 4.30. The van der Waals surface area contributed by atoms with E-state index in [-0.39, 0.29) is 18.5 Å². The standard InChI is InChI=1S/C25H24N4O5S/c1-2-15-5-7-16(8-6-15)23-27-22(34-28-23)13-35-25-26-19-11-21-20(32-14-33-21)10-18(19)24(30)29(25)12-17-4-3-9-31-17/h5-8,10-11,17H,2-4,9,12-14H2,1H3/t17-/m1/s1. The Morgan fingerprint density at radius 2 is 1.94 bits per heavy atom. The highest BCUT2D eigenvalue weighted by atomic mass is 32.2. The average molecular weight is 493 g/mol. The zero-order valence-electron chi connectivity index (χ0n) is 19.2. The fourth-order valence-corrected chi connectivity index (χ4v) is 5.15. The van der Waals surface area contributed by atoms with Crippen molar-refractivity contribution < 1.29 is 18.7 Å². The molecule has 0 radical (unpaired) electrons. The third-order valence-electron chi connectivity index (χ3n) is 6.24. The van der Waals surface area contributed by atoms with Crippen molar-refractivity contribution in [3.63, 3.8) is 0 Å². The smallest absolute Gasteiger partial charge is 0.262 e. The van der Waals surface area contributed by atoms with Gasteiger partial charge in [0.2, 0.25) is 18.5 Å². The molecule has 2 aliphatic heterocycles. The van der Waals surface area contributed by atoms with Gasteiger partial charge in [-0.2, -0.15) is 4.98 Å². The minimum absolute atomic E-state index is 0.0126. The second-order valence-electron chi connectivity index (χ2n) is 8.52. The minimum atomic E-state index is -0.131. The summed E-state index contributed by atoms with van der Waals surface area (Å²) >= 11 is 1.39. The van der Waals surface area contributed by atoms with Gasteiger partial charge in [-0.05, 0) is 30.9 Å². The van der Waals surface area contributed by atoms with Gasteiger partial charge in [-0.1, -0.05) is 48.1 Å². The Hall–Kier alpha value is -3.37. The van der Waals surface area contributed by atoms with Gasteiger partial charge in [-0.3, -0.25) is 9.36 Å². The third kappa shape index (κ3) is 4.39. The van der Waals surface area contributed by atoms with Gasteiger partial charge in [-0.25, -0.2) is 4.98 Å². The number of nitrogens with zero attached hydrogens (tertiary/aromatic N) is 4. The molecule has 2 aliphatic rings. The van der Waals surface area contributed by atoms with E-state index in [9.17, 15) is 4.79 Å². The quantitative estimate of drug-likeness (QED) is 0.277. The predicted octanol–water partition coefficient (Wildman–Crippen LogP) is 4.21. The van der Waals surface area contributed by atoms with Crippen molar-refractivity contribution in [2.24, 2.45) is 0 Å². The number of hydrogen-bond acceptors (Lipinski definition) is 9. The first-order valence-corrected chi connectivity index (χ1v) is 12.7. The summed E-state index contributed by atoms with van der Waals surface area (Å²) in [5, 5.41) is 5.19. The van der Waals surface area contributed by atoms with E-state index < -0.39 is 0 Å². The Labute approximate surface area is 205 Å². The molecule has 1 atom stereocenters. The van der Waals surface area contributed by atoms with Gasteiger partial charge in [0.25, 0.3) is 5.56 Å². The normalized spacial score (nSPS) is 16.9. The molecule has 4 heterocycles. The number of thioether (sulfide) groups is 1.